The van der Waals surface area contributed by atoms with Gasteiger partial charge >= 0.3 is 0 Å². The van der Waals surface area contributed by atoms with Crippen LogP contribution < -0.4 is 5.32 Å². The Morgan fingerprint density at radius 3 is 2.16 bits per heavy atom. The van der Waals surface area contributed by atoms with E-state index in [1.165, 1.54) is 12.0 Å². The van der Waals surface area contributed by atoms with E-state index in [0.29, 0.717) is 17.6 Å². The third-order valence-electron chi connectivity index (χ3n) is 4.41. The lowest BCUT2D eigenvalue weighted by molar-refractivity contribution is 0.385. The van der Waals surface area contributed by atoms with E-state index in [2.05, 4.69) is 52.1 Å². The monoisotopic (exact) mass is 261 g/mol. The summed E-state index contributed by atoms with van der Waals surface area (Å²) in [6.07, 6.45) is 2.28. The van der Waals surface area contributed by atoms with Gasteiger partial charge in [0.05, 0.1) is 0 Å². The highest BCUT2D eigenvalue weighted by Crippen LogP contribution is 2.43. The molecule has 1 aromatic carbocycles. The molecule has 2 nitrogen and oxygen atoms in total. The Morgan fingerprint density at radius 1 is 1.11 bits per heavy atom. The smallest absolute Gasteiger partial charge is 0.124 e. The Hall–Kier alpha value is -1.02. The Morgan fingerprint density at radius 2 is 1.68 bits per heavy atom. The van der Waals surface area contributed by atoms with Crippen molar-refractivity contribution in [1.29, 1.82) is 0 Å². The van der Waals surface area contributed by atoms with Crippen LogP contribution in [-0.2, 0) is 5.54 Å². The first kappa shape index (κ1) is 14.4. The molecule has 2 heteroatoms. The summed E-state index contributed by atoms with van der Waals surface area (Å²) < 4.78 is 0. The molecule has 2 rings (SSSR count). The highest BCUT2D eigenvalue weighted by atomic mass is 16.3. The maximum absolute atomic E-state index is 10.8. The van der Waals surface area contributed by atoms with Gasteiger partial charge < -0.3 is 10.4 Å². The first-order valence-corrected chi connectivity index (χ1v) is 7.48. The molecule has 1 unspecified atom stereocenters. The van der Waals surface area contributed by atoms with Gasteiger partial charge in [-0.1, -0.05) is 39.8 Å². The average molecular weight is 261 g/mol. The molecule has 1 fully saturated rings. The first-order chi connectivity index (χ1) is 8.87. The number of phenolic OH excluding ortho intramolecular Hbond substituents is 1. The fraction of sp³-hybridized carbons (Fsp3) is 0.647. The van der Waals surface area contributed by atoms with Gasteiger partial charge in [0.25, 0.3) is 0 Å². The van der Waals surface area contributed by atoms with Crippen LogP contribution in [0.3, 0.4) is 0 Å². The summed E-state index contributed by atoms with van der Waals surface area (Å²) >= 11 is 0. The van der Waals surface area contributed by atoms with Gasteiger partial charge in [-0.3, -0.25) is 0 Å². The molecular weight excluding hydrogens is 234 g/mol. The first-order valence-electron chi connectivity index (χ1n) is 7.48. The van der Waals surface area contributed by atoms with Crippen LogP contribution in [0.15, 0.2) is 12.1 Å². The van der Waals surface area contributed by atoms with E-state index >= 15 is 0 Å². The van der Waals surface area contributed by atoms with E-state index in [9.17, 15) is 5.11 Å². The zero-order chi connectivity index (χ0) is 14.2. The van der Waals surface area contributed by atoms with Crippen molar-refractivity contribution in [3.63, 3.8) is 0 Å². The molecule has 1 atom stereocenters. The molecular formula is C17H27NO. The number of nitrogens with one attached hydrogen (secondary N) is 1. The quantitative estimate of drug-likeness (QED) is 0.853. The fourth-order valence-corrected chi connectivity index (χ4v) is 3.26. The van der Waals surface area contributed by atoms with Crippen molar-refractivity contribution in [3.8, 4) is 5.75 Å². The maximum atomic E-state index is 10.8. The second-order valence-electron chi connectivity index (χ2n) is 6.64. The van der Waals surface area contributed by atoms with Crippen molar-refractivity contribution < 1.29 is 5.11 Å². The Bertz CT molecular complexity index is 457. The molecule has 1 saturated heterocycles. The average Bonchev–Trinajstić information content (AvgIpc) is 2.75. The number of hydrogen-bond donors (Lipinski definition) is 2. The van der Waals surface area contributed by atoms with Gasteiger partial charge in [0, 0.05) is 11.1 Å². The minimum atomic E-state index is -0.0748. The van der Waals surface area contributed by atoms with Crippen LogP contribution in [0.1, 0.15) is 76.0 Å². The lowest BCUT2D eigenvalue weighted by atomic mass is 9.80. The van der Waals surface area contributed by atoms with Crippen LogP contribution in [0.2, 0.25) is 0 Å². The SMILES string of the molecule is CC(C)c1ccc(C(C)C)c(C2(C)CCCN2)c1O. The predicted octanol–water partition coefficient (Wildman–Crippen LogP) is 4.24. The summed E-state index contributed by atoms with van der Waals surface area (Å²) in [6.45, 7) is 11.9. The number of rotatable bonds is 3. The van der Waals surface area contributed by atoms with E-state index in [0.717, 1.165) is 24.1 Å². The third kappa shape index (κ3) is 2.51. The summed E-state index contributed by atoms with van der Waals surface area (Å²) in [4.78, 5) is 0. The van der Waals surface area contributed by atoms with Crippen LogP contribution in [0.5, 0.6) is 5.75 Å². The highest BCUT2D eigenvalue weighted by molar-refractivity contribution is 5.52. The van der Waals surface area contributed by atoms with Crippen LogP contribution in [-0.4, -0.2) is 11.7 Å². The van der Waals surface area contributed by atoms with Crippen LogP contribution >= 0.6 is 0 Å². The molecule has 0 aromatic heterocycles. The number of aromatic hydroxyl groups is 1. The van der Waals surface area contributed by atoms with E-state index in [4.69, 9.17) is 0 Å². The Labute approximate surface area is 117 Å². The minimum absolute atomic E-state index is 0.0748. The number of hydrogen-bond acceptors (Lipinski definition) is 2. The summed E-state index contributed by atoms with van der Waals surface area (Å²) in [5.74, 6) is 1.30. The van der Waals surface area contributed by atoms with Crippen molar-refractivity contribution >= 4 is 0 Å². The maximum Gasteiger partial charge on any atom is 0.124 e. The van der Waals surface area contributed by atoms with Gasteiger partial charge in [0.1, 0.15) is 5.75 Å². The molecule has 0 aliphatic carbocycles. The molecule has 0 spiro atoms. The summed E-state index contributed by atoms with van der Waals surface area (Å²) in [5.41, 5.74) is 3.40. The van der Waals surface area contributed by atoms with Crippen molar-refractivity contribution in [3.05, 3.63) is 28.8 Å². The van der Waals surface area contributed by atoms with E-state index < -0.39 is 0 Å². The second kappa shape index (κ2) is 5.16. The van der Waals surface area contributed by atoms with Gasteiger partial charge in [-0.25, -0.2) is 0 Å². The molecule has 1 aliphatic rings. The molecule has 2 N–H and O–H groups in total. The molecule has 106 valence electrons. The van der Waals surface area contributed by atoms with E-state index in [1.54, 1.807) is 0 Å². The normalized spacial score (nSPS) is 23.5. The number of benzene rings is 1. The second-order valence-corrected chi connectivity index (χ2v) is 6.64. The lowest BCUT2D eigenvalue weighted by Gasteiger charge is -2.31. The molecule has 0 radical (unpaired) electrons. The summed E-state index contributed by atoms with van der Waals surface area (Å²) in [5, 5.41) is 14.4. The summed E-state index contributed by atoms with van der Waals surface area (Å²) in [7, 11) is 0. The minimum Gasteiger partial charge on any atom is -0.507 e. The third-order valence-corrected chi connectivity index (χ3v) is 4.41. The van der Waals surface area contributed by atoms with E-state index in [1.807, 2.05) is 0 Å². The fourth-order valence-electron chi connectivity index (χ4n) is 3.26. The molecule has 1 aromatic rings. The molecule has 0 saturated carbocycles. The molecule has 1 aliphatic heterocycles. The van der Waals surface area contributed by atoms with Crippen LogP contribution in [0.4, 0.5) is 0 Å². The zero-order valence-electron chi connectivity index (χ0n) is 12.9. The Kier molecular flexibility index (Phi) is 3.91. The molecule has 19 heavy (non-hydrogen) atoms. The van der Waals surface area contributed by atoms with Gasteiger partial charge in [0.2, 0.25) is 0 Å². The topological polar surface area (TPSA) is 32.3 Å². The van der Waals surface area contributed by atoms with Gasteiger partial charge in [-0.15, -0.1) is 0 Å². The molecule has 0 bridgehead atoms. The van der Waals surface area contributed by atoms with E-state index in [-0.39, 0.29) is 5.54 Å². The highest BCUT2D eigenvalue weighted by Gasteiger charge is 2.35. The largest absolute Gasteiger partial charge is 0.507 e. The summed E-state index contributed by atoms with van der Waals surface area (Å²) in [6, 6.07) is 4.30. The number of phenols is 1. The van der Waals surface area contributed by atoms with Crippen molar-refractivity contribution in [2.24, 2.45) is 0 Å². The van der Waals surface area contributed by atoms with Crippen molar-refractivity contribution in [2.75, 3.05) is 6.54 Å². The standard InChI is InChI=1S/C17H27NO/c1-11(2)13-7-8-14(12(3)4)16(19)15(13)17(5)9-6-10-18-17/h7-8,11-12,18-19H,6,9-10H2,1-5H3. The zero-order valence-corrected chi connectivity index (χ0v) is 12.9. The van der Waals surface area contributed by atoms with Crippen LogP contribution in [0, 0.1) is 0 Å². The van der Waals surface area contributed by atoms with Crippen LogP contribution in [0.25, 0.3) is 0 Å². The van der Waals surface area contributed by atoms with Gasteiger partial charge in [-0.2, -0.15) is 0 Å². The van der Waals surface area contributed by atoms with Crippen molar-refractivity contribution in [1.82, 2.24) is 5.32 Å². The van der Waals surface area contributed by atoms with Gasteiger partial charge in [-0.05, 0) is 49.3 Å². The lowest BCUT2D eigenvalue weighted by Crippen LogP contribution is -2.34. The van der Waals surface area contributed by atoms with Crippen molar-refractivity contribution in [2.45, 2.75) is 64.8 Å². The predicted molar refractivity (Wildman–Crippen MR) is 80.9 cm³/mol. The molecule has 0 amide bonds. The Balaban J connectivity index is 2.63. The molecule has 1 heterocycles. The van der Waals surface area contributed by atoms with Gasteiger partial charge in [0.15, 0.2) is 0 Å².